The Morgan fingerprint density at radius 3 is 2.35 bits per heavy atom. The van der Waals surface area contributed by atoms with Crippen molar-refractivity contribution in [2.75, 3.05) is 0 Å². The highest BCUT2D eigenvalue weighted by Crippen LogP contribution is 2.31. The van der Waals surface area contributed by atoms with Crippen molar-refractivity contribution in [2.45, 2.75) is 13.3 Å². The van der Waals surface area contributed by atoms with Crippen LogP contribution < -0.4 is 0 Å². The van der Waals surface area contributed by atoms with Gasteiger partial charge in [0.25, 0.3) is 0 Å². The first-order chi connectivity index (χ1) is 9.77. The van der Waals surface area contributed by atoms with Crippen molar-refractivity contribution in [2.24, 2.45) is 0 Å². The van der Waals surface area contributed by atoms with E-state index < -0.39 is 0 Å². The molecule has 0 fully saturated rings. The van der Waals surface area contributed by atoms with E-state index in [9.17, 15) is 0 Å². The number of benzene rings is 2. The molecule has 0 heterocycles. The van der Waals surface area contributed by atoms with E-state index in [1.807, 2.05) is 12.2 Å². The first-order valence-electron chi connectivity index (χ1n) is 6.93. The van der Waals surface area contributed by atoms with E-state index in [-0.39, 0.29) is 0 Å². The zero-order valence-electron chi connectivity index (χ0n) is 12.0. The maximum atomic E-state index is 4.17. The van der Waals surface area contributed by atoms with Gasteiger partial charge in [-0.15, -0.1) is 0 Å². The van der Waals surface area contributed by atoms with E-state index in [2.05, 4.69) is 68.6 Å². The van der Waals surface area contributed by atoms with E-state index in [1.54, 1.807) is 6.08 Å². The van der Waals surface area contributed by atoms with Crippen LogP contribution in [0, 0.1) is 0 Å². The van der Waals surface area contributed by atoms with Gasteiger partial charge in [-0.1, -0.05) is 86.8 Å². The minimum absolute atomic E-state index is 1.01. The maximum absolute atomic E-state index is 4.17. The summed E-state index contributed by atoms with van der Waals surface area (Å²) in [6.45, 7) is 10.1. The summed E-state index contributed by atoms with van der Waals surface area (Å²) >= 11 is 0. The Hall–Kier alpha value is -2.34. The fourth-order valence-electron chi connectivity index (χ4n) is 2.36. The summed E-state index contributed by atoms with van der Waals surface area (Å²) in [5.74, 6) is 0. The van der Waals surface area contributed by atoms with Gasteiger partial charge >= 0.3 is 0 Å². The molecule has 20 heavy (non-hydrogen) atoms. The fourth-order valence-corrected chi connectivity index (χ4v) is 2.36. The number of aryl methyl sites for hydroxylation is 1. The van der Waals surface area contributed by atoms with E-state index in [0.717, 1.165) is 12.0 Å². The van der Waals surface area contributed by atoms with Crippen molar-refractivity contribution in [3.63, 3.8) is 0 Å². The molecule has 0 amide bonds. The SMILES string of the molecule is C=C/C=C\C(=C)c1ccccc1-c1ccccc1CC. The number of allylic oxidation sites excluding steroid dienone is 4. The molecule has 0 aromatic heterocycles. The monoisotopic (exact) mass is 260 g/mol. The van der Waals surface area contributed by atoms with Crippen LogP contribution in [-0.2, 0) is 6.42 Å². The van der Waals surface area contributed by atoms with Crippen molar-refractivity contribution in [1.29, 1.82) is 0 Å². The van der Waals surface area contributed by atoms with Crippen LogP contribution in [0.25, 0.3) is 16.7 Å². The third kappa shape index (κ3) is 2.97. The van der Waals surface area contributed by atoms with E-state index in [0.29, 0.717) is 0 Å². The average molecular weight is 260 g/mol. The highest BCUT2D eigenvalue weighted by molar-refractivity contribution is 5.85. The van der Waals surface area contributed by atoms with Gasteiger partial charge in [0, 0.05) is 0 Å². The molecule has 0 unspecified atom stereocenters. The second-order valence-electron chi connectivity index (χ2n) is 4.68. The van der Waals surface area contributed by atoms with Crippen LogP contribution >= 0.6 is 0 Å². The smallest absolute Gasteiger partial charge is 0.0103 e. The Kier molecular flexibility index (Phi) is 4.73. The highest BCUT2D eigenvalue weighted by atomic mass is 14.1. The molecule has 0 radical (unpaired) electrons. The second-order valence-corrected chi connectivity index (χ2v) is 4.68. The van der Waals surface area contributed by atoms with Crippen molar-refractivity contribution in [3.05, 3.63) is 91.0 Å². The molecule has 0 aliphatic rings. The first-order valence-corrected chi connectivity index (χ1v) is 6.93. The minimum Gasteiger partial charge on any atom is -0.0991 e. The Morgan fingerprint density at radius 2 is 1.65 bits per heavy atom. The van der Waals surface area contributed by atoms with Crippen molar-refractivity contribution >= 4 is 5.57 Å². The molecule has 0 spiro atoms. The van der Waals surface area contributed by atoms with Gasteiger partial charge in [-0.05, 0) is 34.2 Å². The van der Waals surface area contributed by atoms with Crippen LogP contribution in [0.15, 0.2) is 79.9 Å². The molecule has 0 bridgehead atoms. The summed E-state index contributed by atoms with van der Waals surface area (Å²) < 4.78 is 0. The molecule has 0 saturated heterocycles. The van der Waals surface area contributed by atoms with Gasteiger partial charge in [0.2, 0.25) is 0 Å². The largest absolute Gasteiger partial charge is 0.0991 e. The fraction of sp³-hybridized carbons (Fsp3) is 0.100. The molecule has 2 aromatic rings. The standard InChI is InChI=1S/C20H20/c1-4-6-11-16(3)18-13-9-10-15-20(18)19-14-8-7-12-17(19)5-2/h4,6-15H,1,3,5H2,2H3/b11-6-. The van der Waals surface area contributed by atoms with Crippen LogP contribution in [0.1, 0.15) is 18.1 Å². The van der Waals surface area contributed by atoms with Gasteiger partial charge in [0.1, 0.15) is 0 Å². The second kappa shape index (κ2) is 6.72. The third-order valence-electron chi connectivity index (χ3n) is 3.39. The van der Waals surface area contributed by atoms with Crippen LogP contribution in [-0.4, -0.2) is 0 Å². The lowest BCUT2D eigenvalue weighted by atomic mass is 9.91. The summed E-state index contributed by atoms with van der Waals surface area (Å²) in [7, 11) is 0. The van der Waals surface area contributed by atoms with Gasteiger partial charge in [-0.2, -0.15) is 0 Å². The van der Waals surface area contributed by atoms with Crippen molar-refractivity contribution in [1.82, 2.24) is 0 Å². The Morgan fingerprint density at radius 1 is 1.00 bits per heavy atom. The number of hydrogen-bond donors (Lipinski definition) is 0. The van der Waals surface area contributed by atoms with Crippen molar-refractivity contribution < 1.29 is 0 Å². The molecule has 0 nitrogen and oxygen atoms in total. The summed E-state index contributed by atoms with van der Waals surface area (Å²) in [4.78, 5) is 0. The van der Waals surface area contributed by atoms with Gasteiger partial charge in [0.05, 0.1) is 0 Å². The molecule has 100 valence electrons. The highest BCUT2D eigenvalue weighted by Gasteiger charge is 2.08. The molecule has 2 rings (SSSR count). The van der Waals surface area contributed by atoms with Gasteiger partial charge in [-0.3, -0.25) is 0 Å². The quantitative estimate of drug-likeness (QED) is 0.607. The first kappa shape index (κ1) is 14.1. The number of rotatable bonds is 5. The predicted molar refractivity (Wildman–Crippen MR) is 89.6 cm³/mol. The zero-order chi connectivity index (χ0) is 14.4. The summed E-state index contributed by atoms with van der Waals surface area (Å²) in [6, 6.07) is 17.0. The lowest BCUT2D eigenvalue weighted by Crippen LogP contribution is -1.91. The Bertz CT molecular complexity index is 645. The van der Waals surface area contributed by atoms with E-state index >= 15 is 0 Å². The molecule has 0 atom stereocenters. The molecule has 0 saturated carbocycles. The maximum Gasteiger partial charge on any atom is -0.0103 e. The van der Waals surface area contributed by atoms with Crippen molar-refractivity contribution in [3.8, 4) is 11.1 Å². The Labute approximate surface area is 121 Å². The van der Waals surface area contributed by atoms with Gasteiger partial charge in [0.15, 0.2) is 0 Å². The van der Waals surface area contributed by atoms with Crippen LogP contribution in [0.2, 0.25) is 0 Å². The number of hydrogen-bond acceptors (Lipinski definition) is 0. The minimum atomic E-state index is 1.01. The average Bonchev–Trinajstić information content (AvgIpc) is 2.52. The topological polar surface area (TPSA) is 0 Å². The lowest BCUT2D eigenvalue weighted by Gasteiger charge is -2.13. The molecular weight excluding hydrogens is 240 g/mol. The molecule has 0 aliphatic heterocycles. The predicted octanol–water partition coefficient (Wildman–Crippen LogP) is 5.67. The molecule has 2 aromatic carbocycles. The van der Waals surface area contributed by atoms with Crippen LogP contribution in [0.4, 0.5) is 0 Å². The van der Waals surface area contributed by atoms with Crippen LogP contribution in [0.3, 0.4) is 0 Å². The van der Waals surface area contributed by atoms with E-state index in [4.69, 9.17) is 0 Å². The summed E-state index contributed by atoms with van der Waals surface area (Å²) in [5, 5.41) is 0. The summed E-state index contributed by atoms with van der Waals surface area (Å²) in [6.07, 6.45) is 6.72. The molecule has 0 N–H and O–H groups in total. The molecular formula is C20H20. The van der Waals surface area contributed by atoms with Gasteiger partial charge < -0.3 is 0 Å². The van der Waals surface area contributed by atoms with Crippen LogP contribution in [0.5, 0.6) is 0 Å². The lowest BCUT2D eigenvalue weighted by molar-refractivity contribution is 1.14. The normalized spacial score (nSPS) is 10.7. The molecule has 0 aliphatic carbocycles. The van der Waals surface area contributed by atoms with E-state index in [1.165, 1.54) is 22.3 Å². The third-order valence-corrected chi connectivity index (χ3v) is 3.39. The molecule has 0 heteroatoms. The Balaban J connectivity index is 2.55. The summed E-state index contributed by atoms with van der Waals surface area (Å²) in [5.41, 5.74) is 6.07. The zero-order valence-corrected chi connectivity index (χ0v) is 12.0. The van der Waals surface area contributed by atoms with Gasteiger partial charge in [-0.25, -0.2) is 0 Å².